The van der Waals surface area contributed by atoms with Gasteiger partial charge in [-0.25, -0.2) is 0 Å². The second-order valence-electron chi connectivity index (χ2n) is 6.42. The lowest BCUT2D eigenvalue weighted by Crippen LogP contribution is -2.28. The van der Waals surface area contributed by atoms with E-state index in [9.17, 15) is 4.79 Å². The fourth-order valence-corrected chi connectivity index (χ4v) is 2.75. The lowest BCUT2D eigenvalue weighted by atomic mass is 10.1. The van der Waals surface area contributed by atoms with Gasteiger partial charge in [-0.1, -0.05) is 22.9 Å². The zero-order valence-corrected chi connectivity index (χ0v) is 16.8. The molecule has 2 aromatic carbocycles. The molecular weight excluding hydrogens is 374 g/mol. The van der Waals surface area contributed by atoms with Gasteiger partial charge in [0.1, 0.15) is 5.75 Å². The average molecular weight is 397 g/mol. The van der Waals surface area contributed by atoms with Gasteiger partial charge in [-0.3, -0.25) is 4.79 Å². The predicted molar refractivity (Wildman–Crippen MR) is 106 cm³/mol. The highest BCUT2D eigenvalue weighted by atomic mass is 16.5. The van der Waals surface area contributed by atoms with Crippen molar-refractivity contribution in [1.29, 1.82) is 0 Å². The van der Waals surface area contributed by atoms with Gasteiger partial charge in [-0.2, -0.15) is 4.98 Å². The van der Waals surface area contributed by atoms with Crippen LogP contribution >= 0.6 is 0 Å². The fourth-order valence-electron chi connectivity index (χ4n) is 2.75. The molecule has 152 valence electrons. The third-order valence-corrected chi connectivity index (χ3v) is 4.24. The fraction of sp³-hybridized carbons (Fsp3) is 0.286. The Hall–Kier alpha value is -3.55. The molecule has 0 aliphatic heterocycles. The van der Waals surface area contributed by atoms with Gasteiger partial charge in [0.15, 0.2) is 18.1 Å². The summed E-state index contributed by atoms with van der Waals surface area (Å²) in [6.07, 6.45) is 0. The number of carbonyl (C=O) groups is 1. The van der Waals surface area contributed by atoms with Crippen molar-refractivity contribution in [3.05, 3.63) is 53.4 Å². The number of ether oxygens (including phenoxy) is 3. The monoisotopic (exact) mass is 397 g/mol. The van der Waals surface area contributed by atoms with Gasteiger partial charge in [0, 0.05) is 5.56 Å². The summed E-state index contributed by atoms with van der Waals surface area (Å²) in [5.41, 5.74) is 2.83. The molecule has 0 bridgehead atoms. The Morgan fingerprint density at radius 1 is 1.03 bits per heavy atom. The van der Waals surface area contributed by atoms with Crippen molar-refractivity contribution in [2.24, 2.45) is 0 Å². The summed E-state index contributed by atoms with van der Waals surface area (Å²) in [7, 11) is 3.12. The van der Waals surface area contributed by atoms with Crippen molar-refractivity contribution in [2.45, 2.75) is 20.4 Å². The molecule has 0 aliphatic carbocycles. The second-order valence-corrected chi connectivity index (χ2v) is 6.42. The Balaban J connectivity index is 1.55. The Morgan fingerprint density at radius 3 is 2.52 bits per heavy atom. The number of benzene rings is 2. The summed E-state index contributed by atoms with van der Waals surface area (Å²) < 4.78 is 21.3. The van der Waals surface area contributed by atoms with Crippen LogP contribution in [0.5, 0.6) is 17.2 Å². The Kier molecular flexibility index (Phi) is 6.33. The molecule has 3 rings (SSSR count). The van der Waals surface area contributed by atoms with Crippen molar-refractivity contribution in [1.82, 2.24) is 15.5 Å². The molecule has 0 radical (unpaired) electrons. The first-order valence-corrected chi connectivity index (χ1v) is 9.02. The Labute approximate surface area is 168 Å². The Bertz CT molecular complexity index is 1000. The topological polar surface area (TPSA) is 95.7 Å². The van der Waals surface area contributed by atoms with E-state index in [1.165, 1.54) is 0 Å². The van der Waals surface area contributed by atoms with E-state index in [0.717, 1.165) is 11.1 Å². The first-order valence-electron chi connectivity index (χ1n) is 9.02. The molecule has 0 fully saturated rings. The molecule has 0 unspecified atom stereocenters. The minimum atomic E-state index is -0.282. The van der Waals surface area contributed by atoms with Gasteiger partial charge in [0.2, 0.25) is 11.7 Å². The summed E-state index contributed by atoms with van der Waals surface area (Å²) in [5.74, 6) is 2.25. The molecule has 3 aromatic rings. The number of nitrogens with zero attached hydrogens (tertiary/aromatic N) is 2. The summed E-state index contributed by atoms with van der Waals surface area (Å²) in [5, 5.41) is 6.64. The van der Waals surface area contributed by atoms with Crippen LogP contribution in [0.4, 0.5) is 0 Å². The SMILES string of the molecule is COc1ccc(-c2noc(CNC(=O)COc3ccc(C)cc3C)n2)cc1OC. The molecule has 8 heteroatoms. The van der Waals surface area contributed by atoms with E-state index in [0.29, 0.717) is 28.6 Å². The molecule has 1 heterocycles. The van der Waals surface area contributed by atoms with E-state index in [1.54, 1.807) is 32.4 Å². The van der Waals surface area contributed by atoms with Crippen molar-refractivity contribution < 1.29 is 23.5 Å². The molecule has 8 nitrogen and oxygen atoms in total. The Morgan fingerprint density at radius 2 is 1.79 bits per heavy atom. The first-order chi connectivity index (χ1) is 14.0. The number of aromatic nitrogens is 2. The van der Waals surface area contributed by atoms with Crippen LogP contribution in [0.1, 0.15) is 17.0 Å². The minimum Gasteiger partial charge on any atom is -0.493 e. The van der Waals surface area contributed by atoms with Gasteiger partial charge >= 0.3 is 0 Å². The van der Waals surface area contributed by atoms with Crippen LogP contribution in [-0.4, -0.2) is 36.9 Å². The van der Waals surface area contributed by atoms with Crippen LogP contribution in [0.15, 0.2) is 40.9 Å². The van der Waals surface area contributed by atoms with Crippen LogP contribution < -0.4 is 19.5 Å². The van der Waals surface area contributed by atoms with Crippen LogP contribution in [0.3, 0.4) is 0 Å². The number of nitrogens with one attached hydrogen (secondary N) is 1. The van der Waals surface area contributed by atoms with Gasteiger partial charge < -0.3 is 24.1 Å². The van der Waals surface area contributed by atoms with E-state index in [-0.39, 0.29) is 24.9 Å². The maximum absolute atomic E-state index is 12.0. The third-order valence-electron chi connectivity index (χ3n) is 4.24. The number of carbonyl (C=O) groups excluding carboxylic acids is 1. The number of amides is 1. The smallest absolute Gasteiger partial charge is 0.258 e. The zero-order chi connectivity index (χ0) is 20.8. The minimum absolute atomic E-state index is 0.0967. The van der Waals surface area contributed by atoms with E-state index >= 15 is 0 Å². The molecule has 0 atom stereocenters. The second kappa shape index (κ2) is 9.09. The number of hydrogen-bond acceptors (Lipinski definition) is 7. The van der Waals surface area contributed by atoms with E-state index < -0.39 is 0 Å². The van der Waals surface area contributed by atoms with Crippen LogP contribution in [0.2, 0.25) is 0 Å². The molecule has 0 saturated heterocycles. The molecule has 1 aromatic heterocycles. The summed E-state index contributed by atoms with van der Waals surface area (Å²) in [6.45, 7) is 3.95. The predicted octanol–water partition coefficient (Wildman–Crippen LogP) is 3.07. The quantitative estimate of drug-likeness (QED) is 0.624. The van der Waals surface area contributed by atoms with E-state index in [4.69, 9.17) is 18.7 Å². The lowest BCUT2D eigenvalue weighted by molar-refractivity contribution is -0.123. The van der Waals surface area contributed by atoms with Gasteiger partial charge in [-0.15, -0.1) is 0 Å². The molecule has 0 spiro atoms. The van der Waals surface area contributed by atoms with Crippen LogP contribution in [0.25, 0.3) is 11.4 Å². The molecule has 1 amide bonds. The molecule has 0 aliphatic rings. The average Bonchev–Trinajstić information content (AvgIpc) is 3.20. The van der Waals surface area contributed by atoms with E-state index in [1.807, 2.05) is 32.0 Å². The lowest BCUT2D eigenvalue weighted by Gasteiger charge is -2.09. The highest BCUT2D eigenvalue weighted by Crippen LogP contribution is 2.31. The maximum atomic E-state index is 12.0. The van der Waals surface area contributed by atoms with Crippen molar-refractivity contribution in [2.75, 3.05) is 20.8 Å². The highest BCUT2D eigenvalue weighted by molar-refractivity contribution is 5.77. The van der Waals surface area contributed by atoms with Crippen molar-refractivity contribution in [3.63, 3.8) is 0 Å². The molecule has 29 heavy (non-hydrogen) atoms. The largest absolute Gasteiger partial charge is 0.493 e. The summed E-state index contributed by atoms with van der Waals surface area (Å²) in [4.78, 5) is 16.3. The van der Waals surface area contributed by atoms with Crippen LogP contribution in [0, 0.1) is 13.8 Å². The standard InChI is InChI=1S/C21H23N3O5/c1-13-5-7-16(14(2)9-13)28-12-19(25)22-11-20-23-21(24-29-20)15-6-8-17(26-3)18(10-15)27-4/h5-10H,11-12H2,1-4H3,(H,22,25). The van der Waals surface area contributed by atoms with Crippen LogP contribution in [-0.2, 0) is 11.3 Å². The first kappa shape index (κ1) is 20.2. The van der Waals surface area contributed by atoms with E-state index in [2.05, 4.69) is 15.5 Å². The molecule has 1 N–H and O–H groups in total. The number of aryl methyl sites for hydroxylation is 2. The molecular formula is C21H23N3O5. The normalized spacial score (nSPS) is 10.5. The third kappa shape index (κ3) is 5.04. The number of hydrogen-bond donors (Lipinski definition) is 1. The molecule has 0 saturated carbocycles. The highest BCUT2D eigenvalue weighted by Gasteiger charge is 2.13. The summed E-state index contributed by atoms with van der Waals surface area (Å²) >= 11 is 0. The van der Waals surface area contributed by atoms with Gasteiger partial charge in [0.25, 0.3) is 5.91 Å². The van der Waals surface area contributed by atoms with Gasteiger partial charge in [-0.05, 0) is 43.7 Å². The van der Waals surface area contributed by atoms with Crippen molar-refractivity contribution in [3.8, 4) is 28.6 Å². The number of methoxy groups -OCH3 is 2. The summed E-state index contributed by atoms with van der Waals surface area (Å²) in [6, 6.07) is 11.1. The number of rotatable bonds is 8. The maximum Gasteiger partial charge on any atom is 0.258 e. The van der Waals surface area contributed by atoms with Crippen molar-refractivity contribution >= 4 is 5.91 Å². The van der Waals surface area contributed by atoms with Gasteiger partial charge in [0.05, 0.1) is 20.8 Å². The zero-order valence-electron chi connectivity index (χ0n) is 16.8.